The summed E-state index contributed by atoms with van der Waals surface area (Å²) in [6.07, 6.45) is 48.7. The molecule has 0 aromatic rings. The Morgan fingerprint density at radius 2 is 1.00 bits per heavy atom. The van der Waals surface area contributed by atoms with Crippen LogP contribution in [0.1, 0.15) is 206 Å². The fraction of sp³-hybridized carbons (Fsp3) is 0.854. The number of hydrogen-bond donors (Lipinski definition) is 0. The molecule has 0 N–H and O–H groups in total. The van der Waals surface area contributed by atoms with Gasteiger partial charge in [-0.25, -0.2) is 0 Å². The zero-order valence-corrected chi connectivity index (χ0v) is 38.9. The lowest BCUT2D eigenvalue weighted by Gasteiger charge is -2.28. The van der Waals surface area contributed by atoms with Crippen LogP contribution in [0.2, 0.25) is 0 Å². The van der Waals surface area contributed by atoms with Gasteiger partial charge in [-0.1, -0.05) is 172 Å². The molecule has 0 aliphatic heterocycles. The lowest BCUT2D eigenvalue weighted by Crippen LogP contribution is -2.37. The first-order chi connectivity index (χ1) is 27.6. The van der Waals surface area contributed by atoms with Gasteiger partial charge in [0.05, 0.1) is 34.4 Å². The van der Waals surface area contributed by atoms with E-state index in [1.807, 2.05) is 21.1 Å². The van der Waals surface area contributed by atoms with Gasteiger partial charge in [-0.15, -0.1) is 0 Å². The van der Waals surface area contributed by atoms with Crippen molar-refractivity contribution in [2.24, 2.45) is 0 Å². The maximum atomic E-state index is 12.7. The Kier molecular flexibility index (Phi) is 40.5. The number of unbranched alkanes of at least 4 members (excludes halogenated alkanes) is 24. The molecule has 0 aromatic heterocycles. The van der Waals surface area contributed by atoms with E-state index in [4.69, 9.17) is 18.5 Å². The third-order valence-corrected chi connectivity index (χ3v) is 11.1. The Balaban J connectivity index is 4.16. The van der Waals surface area contributed by atoms with Crippen molar-refractivity contribution in [2.45, 2.75) is 213 Å². The molecule has 0 radical (unpaired) electrons. The molecule has 57 heavy (non-hydrogen) atoms. The molecule has 0 saturated heterocycles. The van der Waals surface area contributed by atoms with E-state index in [-0.39, 0.29) is 25.8 Å². The van der Waals surface area contributed by atoms with Crippen LogP contribution in [0.3, 0.4) is 0 Å². The maximum Gasteiger partial charge on any atom is 0.306 e. The average Bonchev–Trinajstić information content (AvgIpc) is 3.16. The summed E-state index contributed by atoms with van der Waals surface area (Å²) >= 11 is 0. The molecule has 0 saturated carbocycles. The van der Waals surface area contributed by atoms with E-state index in [1.54, 1.807) is 0 Å². The molecule has 0 heterocycles. The van der Waals surface area contributed by atoms with Crippen molar-refractivity contribution in [2.75, 3.05) is 54.1 Å². The SMILES string of the molecule is CCC/C=C\C/C=C\CCCCCCCCOCC(COP(=O)([O-])OCC[N+](C)(C)C)OC(=O)CCCCCCCCCCC/C=C\CCCCCCCCCC. The van der Waals surface area contributed by atoms with Gasteiger partial charge >= 0.3 is 5.97 Å². The van der Waals surface area contributed by atoms with Crippen LogP contribution in [0.15, 0.2) is 36.5 Å². The molecule has 0 rings (SSSR count). The zero-order chi connectivity index (χ0) is 42.0. The molecule has 0 spiro atoms. The lowest BCUT2D eigenvalue weighted by atomic mass is 10.1. The van der Waals surface area contributed by atoms with Gasteiger partial charge in [0, 0.05) is 13.0 Å². The first-order valence-corrected chi connectivity index (χ1v) is 25.2. The summed E-state index contributed by atoms with van der Waals surface area (Å²) in [4.78, 5) is 25.1. The van der Waals surface area contributed by atoms with Gasteiger partial charge in [-0.3, -0.25) is 9.36 Å². The summed E-state index contributed by atoms with van der Waals surface area (Å²) in [6.45, 7) is 5.34. The minimum absolute atomic E-state index is 0.0235. The number of phosphoric ester groups is 1. The van der Waals surface area contributed by atoms with Crippen molar-refractivity contribution >= 4 is 13.8 Å². The molecule has 0 aliphatic rings. The van der Waals surface area contributed by atoms with E-state index in [2.05, 4.69) is 50.3 Å². The number of quaternary nitrogens is 1. The number of nitrogens with zero attached hydrogens (tertiary/aromatic N) is 1. The van der Waals surface area contributed by atoms with Crippen LogP contribution in [0, 0.1) is 0 Å². The molecule has 0 aromatic carbocycles. The van der Waals surface area contributed by atoms with Crippen LogP contribution in [0.25, 0.3) is 0 Å². The van der Waals surface area contributed by atoms with Gasteiger partial charge < -0.3 is 27.9 Å². The predicted molar refractivity (Wildman–Crippen MR) is 240 cm³/mol. The third kappa shape index (κ3) is 45.7. The van der Waals surface area contributed by atoms with Crippen LogP contribution in [-0.4, -0.2) is 70.7 Å². The van der Waals surface area contributed by atoms with E-state index >= 15 is 0 Å². The highest BCUT2D eigenvalue weighted by Gasteiger charge is 2.20. The number of ether oxygens (including phenoxy) is 2. The van der Waals surface area contributed by atoms with E-state index in [1.165, 1.54) is 128 Å². The minimum Gasteiger partial charge on any atom is -0.756 e. The Morgan fingerprint density at radius 3 is 1.51 bits per heavy atom. The summed E-state index contributed by atoms with van der Waals surface area (Å²) in [5, 5.41) is 0. The molecule has 0 bridgehead atoms. The maximum absolute atomic E-state index is 12.7. The molecule has 2 unspecified atom stereocenters. The highest BCUT2D eigenvalue weighted by Crippen LogP contribution is 2.38. The Labute approximate surface area is 353 Å². The Bertz CT molecular complexity index is 1010. The number of hydrogen-bond acceptors (Lipinski definition) is 7. The summed E-state index contributed by atoms with van der Waals surface area (Å²) in [5.74, 6) is -0.339. The molecular weight excluding hydrogens is 734 g/mol. The summed E-state index contributed by atoms with van der Waals surface area (Å²) in [5.41, 5.74) is 0. The molecular formula is C48H92NO7P. The van der Waals surface area contributed by atoms with Gasteiger partial charge in [0.15, 0.2) is 0 Å². The van der Waals surface area contributed by atoms with E-state index in [9.17, 15) is 14.3 Å². The number of phosphoric acid groups is 1. The van der Waals surface area contributed by atoms with Crippen molar-refractivity contribution in [3.8, 4) is 0 Å². The van der Waals surface area contributed by atoms with Crippen molar-refractivity contribution in [1.29, 1.82) is 0 Å². The van der Waals surface area contributed by atoms with Gasteiger partial charge in [-0.2, -0.15) is 0 Å². The topological polar surface area (TPSA) is 94.1 Å². The van der Waals surface area contributed by atoms with E-state index in [0.717, 1.165) is 57.8 Å². The second-order valence-corrected chi connectivity index (χ2v) is 18.5. The molecule has 0 aliphatic carbocycles. The average molecular weight is 826 g/mol. The van der Waals surface area contributed by atoms with Gasteiger partial charge in [0.25, 0.3) is 7.82 Å². The summed E-state index contributed by atoms with van der Waals surface area (Å²) in [7, 11) is 1.35. The fourth-order valence-corrected chi connectivity index (χ4v) is 7.19. The second-order valence-electron chi connectivity index (χ2n) is 17.1. The Morgan fingerprint density at radius 1 is 0.544 bits per heavy atom. The number of likely N-dealkylation sites (N-methyl/N-ethyl adjacent to an activating group) is 1. The minimum atomic E-state index is -4.53. The highest BCUT2D eigenvalue weighted by molar-refractivity contribution is 7.45. The summed E-state index contributed by atoms with van der Waals surface area (Å²) in [6, 6.07) is 0. The molecule has 9 heteroatoms. The van der Waals surface area contributed by atoms with Crippen LogP contribution < -0.4 is 4.89 Å². The van der Waals surface area contributed by atoms with Crippen molar-refractivity contribution in [1.82, 2.24) is 0 Å². The van der Waals surface area contributed by atoms with E-state index in [0.29, 0.717) is 24.1 Å². The first kappa shape index (κ1) is 55.7. The normalized spacial score (nSPS) is 14.0. The molecule has 0 amide bonds. The number of allylic oxidation sites excluding steroid dienone is 6. The van der Waals surface area contributed by atoms with Crippen LogP contribution in [0.4, 0.5) is 0 Å². The standard InChI is InChI=1S/C48H92NO7P/c1-6-8-10-12-14-16-18-20-22-23-24-25-26-27-28-29-31-33-35-37-39-41-48(50)56-47(46-55-57(51,52)54-44-42-49(3,4)5)45-53-43-40-38-36-34-32-30-21-19-17-15-13-11-9-7-2/h11,13,17,19,23-24,47H,6-10,12,14-16,18,20-22,25-46H2,1-5H3/b13-11-,19-17-,24-23-. The highest BCUT2D eigenvalue weighted by atomic mass is 31.2. The number of carbonyl (C=O) groups is 1. The zero-order valence-electron chi connectivity index (χ0n) is 38.0. The quantitative estimate of drug-likeness (QED) is 0.0198. The smallest absolute Gasteiger partial charge is 0.306 e. The number of rotatable bonds is 44. The molecule has 0 fully saturated rings. The van der Waals surface area contributed by atoms with Gasteiger partial charge in [-0.05, 0) is 64.2 Å². The van der Waals surface area contributed by atoms with Crippen LogP contribution in [0.5, 0.6) is 0 Å². The predicted octanol–water partition coefficient (Wildman–Crippen LogP) is 13.5. The number of esters is 1. The van der Waals surface area contributed by atoms with Crippen LogP contribution >= 0.6 is 7.82 Å². The third-order valence-electron chi connectivity index (χ3n) is 10.1. The summed E-state index contributed by atoms with van der Waals surface area (Å²) < 4.78 is 34.6. The van der Waals surface area contributed by atoms with Gasteiger partial charge in [0.1, 0.15) is 19.3 Å². The van der Waals surface area contributed by atoms with E-state index < -0.39 is 13.9 Å². The molecule has 336 valence electrons. The fourth-order valence-electron chi connectivity index (χ4n) is 6.46. The van der Waals surface area contributed by atoms with Crippen molar-refractivity contribution in [3.63, 3.8) is 0 Å². The van der Waals surface area contributed by atoms with Crippen molar-refractivity contribution < 1.29 is 37.3 Å². The monoisotopic (exact) mass is 826 g/mol. The lowest BCUT2D eigenvalue weighted by molar-refractivity contribution is -0.870. The second kappa shape index (κ2) is 41.5. The molecule has 2 atom stereocenters. The van der Waals surface area contributed by atoms with Gasteiger partial charge in [0.2, 0.25) is 0 Å². The van der Waals surface area contributed by atoms with Crippen LogP contribution in [-0.2, 0) is 27.9 Å². The number of carbonyl (C=O) groups excluding carboxylic acids is 1. The Hall–Kier alpha value is -1.28. The molecule has 8 nitrogen and oxygen atoms in total. The first-order valence-electron chi connectivity index (χ1n) is 23.7. The van der Waals surface area contributed by atoms with Crippen molar-refractivity contribution in [3.05, 3.63) is 36.5 Å². The largest absolute Gasteiger partial charge is 0.756 e.